The van der Waals surface area contributed by atoms with Gasteiger partial charge in [0.15, 0.2) is 9.84 Å². The summed E-state index contributed by atoms with van der Waals surface area (Å²) in [4.78, 5) is -0.783. The van der Waals surface area contributed by atoms with Gasteiger partial charge in [0, 0.05) is 0 Å². The van der Waals surface area contributed by atoms with Crippen molar-refractivity contribution in [3.8, 4) is 0 Å². The van der Waals surface area contributed by atoms with Gasteiger partial charge in [0.25, 0.3) is 0 Å². The van der Waals surface area contributed by atoms with Gasteiger partial charge in [-0.2, -0.15) is 0 Å². The highest BCUT2D eigenvalue weighted by atomic mass is 35.5. The first-order valence-electron chi connectivity index (χ1n) is 6.57. The van der Waals surface area contributed by atoms with Gasteiger partial charge in [-0.25, -0.2) is 8.42 Å². The fraction of sp³-hybridized carbons (Fsp3) is 0.250. The summed E-state index contributed by atoms with van der Waals surface area (Å²) < 4.78 is 25.5. The maximum Gasteiger partial charge on any atom is 0.184 e. The molecule has 3 unspecified atom stereocenters. The van der Waals surface area contributed by atoms with Gasteiger partial charge in [-0.05, 0) is 24.6 Å². The van der Waals surface area contributed by atoms with Crippen LogP contribution in [-0.2, 0) is 14.7 Å². The SMILES string of the molecule is Cc1ccc(S(=O)(=O)C2C(Cl)C2(Cl)c2ccccc2)cc1. The van der Waals surface area contributed by atoms with E-state index in [9.17, 15) is 8.42 Å². The molecule has 1 aliphatic rings. The monoisotopic (exact) mass is 340 g/mol. The second kappa shape index (κ2) is 5.01. The molecule has 110 valence electrons. The van der Waals surface area contributed by atoms with Gasteiger partial charge < -0.3 is 0 Å². The van der Waals surface area contributed by atoms with Gasteiger partial charge in [-0.1, -0.05) is 48.0 Å². The molecule has 2 aromatic carbocycles. The van der Waals surface area contributed by atoms with E-state index in [2.05, 4.69) is 0 Å². The Kier molecular flexibility index (Phi) is 3.55. The third-order valence-electron chi connectivity index (χ3n) is 3.87. The summed E-state index contributed by atoms with van der Waals surface area (Å²) in [6, 6.07) is 15.9. The van der Waals surface area contributed by atoms with Crippen LogP contribution in [0.2, 0.25) is 0 Å². The minimum absolute atomic E-state index is 0.266. The molecule has 3 atom stereocenters. The van der Waals surface area contributed by atoms with Crippen molar-refractivity contribution in [1.29, 1.82) is 0 Å². The first-order chi connectivity index (χ1) is 9.88. The predicted molar refractivity (Wildman–Crippen MR) is 85.8 cm³/mol. The molecule has 21 heavy (non-hydrogen) atoms. The highest BCUT2D eigenvalue weighted by molar-refractivity contribution is 7.92. The number of alkyl halides is 2. The fourth-order valence-corrected chi connectivity index (χ4v) is 6.23. The molecule has 3 rings (SSSR count). The lowest BCUT2D eigenvalue weighted by atomic mass is 10.1. The third-order valence-corrected chi connectivity index (χ3v) is 7.79. The van der Waals surface area contributed by atoms with Crippen LogP contribution in [0.5, 0.6) is 0 Å². The maximum absolute atomic E-state index is 12.7. The Morgan fingerprint density at radius 3 is 2.14 bits per heavy atom. The molecule has 1 fully saturated rings. The maximum atomic E-state index is 12.7. The smallest absolute Gasteiger partial charge is 0.184 e. The summed E-state index contributed by atoms with van der Waals surface area (Å²) in [6.07, 6.45) is 0. The number of hydrogen-bond acceptors (Lipinski definition) is 2. The Hall–Kier alpha value is -1.03. The molecule has 0 spiro atoms. The molecule has 1 saturated carbocycles. The van der Waals surface area contributed by atoms with E-state index in [0.717, 1.165) is 11.1 Å². The summed E-state index contributed by atoms with van der Waals surface area (Å²) in [7, 11) is -3.55. The Morgan fingerprint density at radius 2 is 1.57 bits per heavy atom. The Balaban J connectivity index is 2.00. The summed E-state index contributed by atoms with van der Waals surface area (Å²) in [5.74, 6) is 0. The third kappa shape index (κ3) is 2.28. The molecule has 1 aliphatic carbocycles. The van der Waals surface area contributed by atoms with Gasteiger partial charge in [-0.15, -0.1) is 23.2 Å². The number of benzene rings is 2. The van der Waals surface area contributed by atoms with E-state index in [4.69, 9.17) is 23.2 Å². The van der Waals surface area contributed by atoms with Gasteiger partial charge in [0.05, 0.1) is 10.3 Å². The van der Waals surface area contributed by atoms with Crippen LogP contribution < -0.4 is 0 Å². The van der Waals surface area contributed by atoms with Crippen LogP contribution >= 0.6 is 23.2 Å². The average molecular weight is 341 g/mol. The molecule has 0 saturated heterocycles. The molecular weight excluding hydrogens is 327 g/mol. The van der Waals surface area contributed by atoms with Crippen molar-refractivity contribution >= 4 is 33.0 Å². The van der Waals surface area contributed by atoms with Gasteiger partial charge >= 0.3 is 0 Å². The van der Waals surface area contributed by atoms with E-state index in [1.807, 2.05) is 37.3 Å². The summed E-state index contributed by atoms with van der Waals surface area (Å²) in [5, 5.41) is -1.44. The van der Waals surface area contributed by atoms with Gasteiger partial charge in [0.2, 0.25) is 0 Å². The number of sulfone groups is 1. The predicted octanol–water partition coefficient (Wildman–Crippen LogP) is 3.89. The number of aryl methyl sites for hydroxylation is 1. The Labute approximate surface area is 134 Å². The second-order valence-electron chi connectivity index (χ2n) is 5.31. The van der Waals surface area contributed by atoms with Crippen molar-refractivity contribution in [2.45, 2.75) is 27.3 Å². The van der Waals surface area contributed by atoms with E-state index in [1.165, 1.54) is 0 Å². The molecule has 0 aliphatic heterocycles. The summed E-state index contributed by atoms with van der Waals surface area (Å²) in [5.41, 5.74) is 1.75. The number of rotatable bonds is 3. The van der Waals surface area contributed by atoms with E-state index in [-0.39, 0.29) is 4.90 Å². The molecule has 0 amide bonds. The Bertz CT molecular complexity index is 757. The quantitative estimate of drug-likeness (QED) is 0.794. The largest absolute Gasteiger partial charge is 0.223 e. The minimum atomic E-state index is -3.55. The lowest BCUT2D eigenvalue weighted by Crippen LogP contribution is -2.15. The minimum Gasteiger partial charge on any atom is -0.223 e. The first kappa shape index (κ1) is 14.9. The lowest BCUT2D eigenvalue weighted by Gasteiger charge is -2.10. The van der Waals surface area contributed by atoms with Crippen LogP contribution in [0.1, 0.15) is 11.1 Å². The zero-order chi connectivity index (χ0) is 15.3. The van der Waals surface area contributed by atoms with Crippen LogP contribution in [-0.4, -0.2) is 19.0 Å². The van der Waals surface area contributed by atoms with Crippen molar-refractivity contribution in [3.63, 3.8) is 0 Å². The molecule has 0 radical (unpaired) electrons. The number of halogens is 2. The van der Waals surface area contributed by atoms with E-state index < -0.39 is 25.3 Å². The Morgan fingerprint density at radius 1 is 1.00 bits per heavy atom. The molecule has 0 heterocycles. The topological polar surface area (TPSA) is 34.1 Å². The van der Waals surface area contributed by atoms with Crippen LogP contribution in [0.15, 0.2) is 59.5 Å². The molecular formula is C16H14Cl2O2S. The fourth-order valence-electron chi connectivity index (χ4n) is 2.56. The van der Waals surface area contributed by atoms with Gasteiger partial charge in [-0.3, -0.25) is 0 Å². The van der Waals surface area contributed by atoms with Crippen molar-refractivity contribution in [2.75, 3.05) is 0 Å². The molecule has 2 nitrogen and oxygen atoms in total. The van der Waals surface area contributed by atoms with Crippen LogP contribution in [0.3, 0.4) is 0 Å². The van der Waals surface area contributed by atoms with E-state index >= 15 is 0 Å². The normalized spacial score (nSPS) is 28.3. The summed E-state index contributed by atoms with van der Waals surface area (Å²) >= 11 is 12.8. The number of hydrogen-bond donors (Lipinski definition) is 0. The standard InChI is InChI=1S/C16H14Cl2O2S/c1-11-7-9-13(10-8-11)21(19,20)15-14(17)16(15,18)12-5-3-2-4-6-12/h2-10,14-15H,1H3. The summed E-state index contributed by atoms with van der Waals surface area (Å²) in [6.45, 7) is 1.91. The van der Waals surface area contributed by atoms with Gasteiger partial charge in [0.1, 0.15) is 10.1 Å². The van der Waals surface area contributed by atoms with E-state index in [1.54, 1.807) is 24.3 Å². The second-order valence-corrected chi connectivity index (χ2v) is 8.48. The van der Waals surface area contributed by atoms with Crippen LogP contribution in [0.25, 0.3) is 0 Å². The first-order valence-corrected chi connectivity index (χ1v) is 8.93. The zero-order valence-electron chi connectivity index (χ0n) is 11.3. The molecule has 0 bridgehead atoms. The van der Waals surface area contributed by atoms with Crippen molar-refractivity contribution in [1.82, 2.24) is 0 Å². The molecule has 5 heteroatoms. The van der Waals surface area contributed by atoms with Crippen molar-refractivity contribution < 1.29 is 8.42 Å². The van der Waals surface area contributed by atoms with Crippen LogP contribution in [0.4, 0.5) is 0 Å². The lowest BCUT2D eigenvalue weighted by molar-refractivity contribution is 0.593. The molecule has 2 aromatic rings. The highest BCUT2D eigenvalue weighted by Crippen LogP contribution is 2.60. The molecule has 0 aromatic heterocycles. The highest BCUT2D eigenvalue weighted by Gasteiger charge is 2.70. The molecule has 0 N–H and O–H groups in total. The van der Waals surface area contributed by atoms with Crippen molar-refractivity contribution in [2.24, 2.45) is 0 Å². The van der Waals surface area contributed by atoms with Crippen LogP contribution in [0, 0.1) is 6.92 Å². The average Bonchev–Trinajstić information content (AvgIpc) is 3.04. The van der Waals surface area contributed by atoms with Crippen molar-refractivity contribution in [3.05, 3.63) is 65.7 Å². The van der Waals surface area contributed by atoms with E-state index in [0.29, 0.717) is 0 Å². The zero-order valence-corrected chi connectivity index (χ0v) is 13.7.